The van der Waals surface area contributed by atoms with Crippen LogP contribution in [0.5, 0.6) is 0 Å². The van der Waals surface area contributed by atoms with Crippen LogP contribution >= 0.6 is 7.94 Å². The predicted molar refractivity (Wildman–Crippen MR) is 65.4 cm³/mol. The Kier molecular flexibility index (Phi) is 3.93. The first kappa shape index (κ1) is 12.0. The van der Waals surface area contributed by atoms with Gasteiger partial charge in [-0.15, -0.1) is 0 Å². The van der Waals surface area contributed by atoms with Crippen LogP contribution in [0.4, 0.5) is 0 Å². The molecule has 1 aromatic carbocycles. The summed E-state index contributed by atoms with van der Waals surface area (Å²) < 4.78 is 5.49. The number of benzene rings is 1. The van der Waals surface area contributed by atoms with Gasteiger partial charge in [0.15, 0.2) is 5.30 Å². The van der Waals surface area contributed by atoms with Crippen LogP contribution in [0.1, 0.15) is 32.1 Å². The molecule has 1 saturated carbocycles. The lowest BCUT2D eigenvalue weighted by atomic mass is 9.98. The van der Waals surface area contributed by atoms with Crippen molar-refractivity contribution in [3.05, 3.63) is 30.3 Å². The summed E-state index contributed by atoms with van der Waals surface area (Å²) in [5.74, 6) is 0. The van der Waals surface area contributed by atoms with Crippen LogP contribution in [0.15, 0.2) is 30.3 Å². The molecule has 0 amide bonds. The number of rotatable bonds is 3. The van der Waals surface area contributed by atoms with Crippen molar-refractivity contribution in [2.75, 3.05) is 0 Å². The van der Waals surface area contributed by atoms with E-state index in [0.717, 1.165) is 25.7 Å². The molecule has 1 aliphatic carbocycles. The molecule has 0 unspecified atom stereocenters. The van der Waals surface area contributed by atoms with Crippen LogP contribution < -0.4 is 5.30 Å². The van der Waals surface area contributed by atoms with E-state index in [-0.39, 0.29) is 6.10 Å². The number of hydrogen-bond donors (Lipinski definition) is 2. The molecule has 1 fully saturated rings. The Morgan fingerprint density at radius 3 is 2.25 bits per heavy atom. The second-order valence-electron chi connectivity index (χ2n) is 4.25. The molecular formula is C12H18O3P+. The topological polar surface area (TPSA) is 49.7 Å². The molecule has 0 atom stereocenters. The van der Waals surface area contributed by atoms with Gasteiger partial charge < -0.3 is 0 Å². The lowest BCUT2D eigenvalue weighted by Gasteiger charge is -2.22. The summed E-state index contributed by atoms with van der Waals surface area (Å²) in [5.41, 5.74) is 0. The molecule has 4 heteroatoms. The zero-order valence-electron chi connectivity index (χ0n) is 9.25. The Labute approximate surface area is 96.7 Å². The molecule has 0 spiro atoms. The smallest absolute Gasteiger partial charge is 0.188 e. The predicted octanol–water partition coefficient (Wildman–Crippen LogP) is 2.41. The van der Waals surface area contributed by atoms with E-state index in [0.29, 0.717) is 5.30 Å². The van der Waals surface area contributed by atoms with Crippen molar-refractivity contribution in [2.45, 2.75) is 38.2 Å². The highest BCUT2D eigenvalue weighted by Gasteiger charge is 2.42. The molecule has 1 aliphatic rings. The third-order valence-electron chi connectivity index (χ3n) is 2.94. The summed E-state index contributed by atoms with van der Waals surface area (Å²) in [6.45, 7) is 0. The van der Waals surface area contributed by atoms with Gasteiger partial charge in [0.1, 0.15) is 6.10 Å². The summed E-state index contributed by atoms with van der Waals surface area (Å²) in [5, 5.41) is 0.501. The van der Waals surface area contributed by atoms with E-state index in [4.69, 9.17) is 4.52 Å². The van der Waals surface area contributed by atoms with Crippen LogP contribution in [-0.2, 0) is 4.52 Å². The first-order chi connectivity index (χ1) is 7.68. The molecule has 0 bridgehead atoms. The van der Waals surface area contributed by atoms with Gasteiger partial charge in [-0.05, 0) is 25.0 Å². The van der Waals surface area contributed by atoms with Crippen molar-refractivity contribution in [3.63, 3.8) is 0 Å². The van der Waals surface area contributed by atoms with Gasteiger partial charge in [0, 0.05) is 0 Å². The highest BCUT2D eigenvalue weighted by molar-refractivity contribution is 7.67. The molecule has 0 radical (unpaired) electrons. The van der Waals surface area contributed by atoms with Crippen molar-refractivity contribution in [1.29, 1.82) is 0 Å². The molecule has 0 aliphatic heterocycles. The van der Waals surface area contributed by atoms with E-state index in [2.05, 4.69) is 0 Å². The fraction of sp³-hybridized carbons (Fsp3) is 0.500. The van der Waals surface area contributed by atoms with E-state index in [1.54, 1.807) is 24.3 Å². The van der Waals surface area contributed by atoms with Gasteiger partial charge in [-0.3, -0.25) is 0 Å². The minimum absolute atomic E-state index is 0.0114. The molecule has 0 heterocycles. The Balaban J connectivity index is 2.01. The highest BCUT2D eigenvalue weighted by atomic mass is 31.2. The standard InChI is InChI=1S/C12H18O3P/c13-16(14,12-9-5-2-6-10-12)15-11-7-3-1-4-8-11/h2,5-6,9-11,13-14H,1,3-4,7-8H2/q+1. The minimum atomic E-state index is -3.36. The summed E-state index contributed by atoms with van der Waals surface area (Å²) in [6, 6.07) is 8.85. The van der Waals surface area contributed by atoms with Crippen molar-refractivity contribution >= 4 is 13.2 Å². The zero-order valence-corrected chi connectivity index (χ0v) is 10.1. The Morgan fingerprint density at radius 1 is 1.00 bits per heavy atom. The van der Waals surface area contributed by atoms with E-state index in [1.807, 2.05) is 6.07 Å². The van der Waals surface area contributed by atoms with E-state index in [9.17, 15) is 9.79 Å². The highest BCUT2D eigenvalue weighted by Crippen LogP contribution is 2.52. The van der Waals surface area contributed by atoms with Crippen LogP contribution in [-0.4, -0.2) is 15.9 Å². The first-order valence-corrected chi connectivity index (χ1v) is 7.38. The van der Waals surface area contributed by atoms with Gasteiger partial charge in [-0.25, -0.2) is 0 Å². The monoisotopic (exact) mass is 241 g/mol. The van der Waals surface area contributed by atoms with Crippen molar-refractivity contribution < 1.29 is 14.3 Å². The van der Waals surface area contributed by atoms with Crippen LogP contribution in [0.25, 0.3) is 0 Å². The largest absolute Gasteiger partial charge is 0.443 e. The maximum absolute atomic E-state index is 9.98. The van der Waals surface area contributed by atoms with Gasteiger partial charge in [0.2, 0.25) is 0 Å². The summed E-state index contributed by atoms with van der Waals surface area (Å²) >= 11 is 0. The quantitative estimate of drug-likeness (QED) is 0.799. The van der Waals surface area contributed by atoms with E-state index >= 15 is 0 Å². The molecule has 0 aromatic heterocycles. The van der Waals surface area contributed by atoms with Crippen molar-refractivity contribution in [1.82, 2.24) is 0 Å². The fourth-order valence-electron chi connectivity index (χ4n) is 2.06. The Hall–Kier alpha value is -0.470. The maximum Gasteiger partial charge on any atom is 0.443 e. The lowest BCUT2D eigenvalue weighted by Crippen LogP contribution is -2.22. The van der Waals surface area contributed by atoms with Crippen LogP contribution in [0.2, 0.25) is 0 Å². The molecule has 1 aromatic rings. The molecule has 16 heavy (non-hydrogen) atoms. The summed E-state index contributed by atoms with van der Waals surface area (Å²) in [7, 11) is -3.36. The molecular weight excluding hydrogens is 223 g/mol. The van der Waals surface area contributed by atoms with Gasteiger partial charge in [0.25, 0.3) is 0 Å². The maximum atomic E-state index is 9.98. The minimum Gasteiger partial charge on any atom is -0.188 e. The SMILES string of the molecule is O[P+](O)(OC1CCCCC1)c1ccccc1. The third kappa shape index (κ3) is 3.02. The van der Waals surface area contributed by atoms with E-state index in [1.165, 1.54) is 6.42 Å². The summed E-state index contributed by atoms with van der Waals surface area (Å²) in [6.07, 6.45) is 5.37. The van der Waals surface area contributed by atoms with Crippen LogP contribution in [0, 0.1) is 0 Å². The third-order valence-corrected chi connectivity index (χ3v) is 4.50. The second-order valence-corrected chi connectivity index (χ2v) is 6.06. The van der Waals surface area contributed by atoms with Crippen molar-refractivity contribution in [2.24, 2.45) is 0 Å². The van der Waals surface area contributed by atoms with Gasteiger partial charge >= 0.3 is 7.94 Å². The van der Waals surface area contributed by atoms with Crippen LogP contribution in [0.3, 0.4) is 0 Å². The Bertz CT molecular complexity index is 320. The second kappa shape index (κ2) is 5.24. The zero-order chi connectivity index (χ0) is 11.4. The molecule has 2 N–H and O–H groups in total. The summed E-state index contributed by atoms with van der Waals surface area (Å²) in [4.78, 5) is 20.0. The average molecular weight is 241 g/mol. The molecule has 88 valence electrons. The first-order valence-electron chi connectivity index (χ1n) is 5.77. The lowest BCUT2D eigenvalue weighted by molar-refractivity contribution is 0.124. The molecule has 3 nitrogen and oxygen atoms in total. The normalized spacial score (nSPS) is 18.6. The Morgan fingerprint density at radius 2 is 1.62 bits per heavy atom. The van der Waals surface area contributed by atoms with Gasteiger partial charge in [0.05, 0.1) is 0 Å². The van der Waals surface area contributed by atoms with Gasteiger partial charge in [-0.2, -0.15) is 14.3 Å². The van der Waals surface area contributed by atoms with Gasteiger partial charge in [-0.1, -0.05) is 37.5 Å². The van der Waals surface area contributed by atoms with E-state index < -0.39 is 7.94 Å². The fourth-order valence-corrected chi connectivity index (χ4v) is 3.37. The van der Waals surface area contributed by atoms with Crippen molar-refractivity contribution in [3.8, 4) is 0 Å². The average Bonchev–Trinajstić information content (AvgIpc) is 2.31. The molecule has 2 rings (SSSR count). The molecule has 0 saturated heterocycles. The number of hydrogen-bond acceptors (Lipinski definition) is 3.